The van der Waals surface area contributed by atoms with Gasteiger partial charge in [0.2, 0.25) is 11.8 Å². The number of unbranched alkanes of at least 4 members (excludes halogenated alkanes) is 25. The number of amides is 2. The summed E-state index contributed by atoms with van der Waals surface area (Å²) in [5.74, 6) is -2.34. The zero-order valence-electron chi connectivity index (χ0n) is 35.4. The first-order valence-corrected chi connectivity index (χ1v) is 22.7. The van der Waals surface area contributed by atoms with Gasteiger partial charge in [0.1, 0.15) is 12.1 Å². The Labute approximate surface area is 336 Å². The fourth-order valence-electron chi connectivity index (χ4n) is 6.66. The van der Waals surface area contributed by atoms with Crippen molar-refractivity contribution in [3.63, 3.8) is 0 Å². The third kappa shape index (κ3) is 38.0. The monoisotopic (exact) mass is 777 g/mol. The topological polar surface area (TPSA) is 142 Å². The van der Waals surface area contributed by atoms with Gasteiger partial charge < -0.3 is 25.6 Å². The first kappa shape index (κ1) is 52.3. The SMILES string of the molecule is CCCCC/C=C\C/C=C\C(CCCCCCCCC(=O)NCC(=O)NC(CO)C(=O)O)OC(=O)CCCCCCCCCCCCCCCCCCCC. The summed E-state index contributed by atoms with van der Waals surface area (Å²) in [5, 5.41) is 22.5. The summed E-state index contributed by atoms with van der Waals surface area (Å²) in [5.41, 5.74) is 0. The molecule has 55 heavy (non-hydrogen) atoms. The van der Waals surface area contributed by atoms with Crippen molar-refractivity contribution in [2.75, 3.05) is 13.2 Å². The number of aliphatic carboxylic acids is 1. The number of aliphatic hydroxyl groups is 1. The number of aliphatic hydroxyl groups excluding tert-OH is 1. The summed E-state index contributed by atoms with van der Waals surface area (Å²) in [4.78, 5) is 47.4. The van der Waals surface area contributed by atoms with Gasteiger partial charge in [-0.2, -0.15) is 0 Å². The van der Waals surface area contributed by atoms with Crippen molar-refractivity contribution in [2.45, 2.75) is 231 Å². The number of hydrogen-bond donors (Lipinski definition) is 4. The average Bonchev–Trinajstić information content (AvgIpc) is 3.17. The predicted molar refractivity (Wildman–Crippen MR) is 227 cm³/mol. The minimum absolute atomic E-state index is 0.0906. The number of rotatable bonds is 41. The van der Waals surface area contributed by atoms with Crippen molar-refractivity contribution in [3.05, 3.63) is 24.3 Å². The molecule has 0 heterocycles. The molecule has 0 aliphatic heterocycles. The smallest absolute Gasteiger partial charge is 0.328 e. The lowest BCUT2D eigenvalue weighted by atomic mass is 10.0. The van der Waals surface area contributed by atoms with E-state index < -0.39 is 24.5 Å². The molecule has 0 spiro atoms. The van der Waals surface area contributed by atoms with Gasteiger partial charge in [-0.25, -0.2) is 4.79 Å². The highest BCUT2D eigenvalue weighted by Gasteiger charge is 2.18. The van der Waals surface area contributed by atoms with Crippen LogP contribution in [-0.4, -0.2) is 59.3 Å². The van der Waals surface area contributed by atoms with Gasteiger partial charge in [-0.3, -0.25) is 14.4 Å². The lowest BCUT2D eigenvalue weighted by Crippen LogP contribution is -2.47. The van der Waals surface area contributed by atoms with Gasteiger partial charge in [-0.15, -0.1) is 0 Å². The van der Waals surface area contributed by atoms with Crippen LogP contribution in [0.3, 0.4) is 0 Å². The number of esters is 1. The Hall–Kier alpha value is -2.68. The van der Waals surface area contributed by atoms with Gasteiger partial charge in [0.15, 0.2) is 0 Å². The van der Waals surface area contributed by atoms with Gasteiger partial charge in [0.25, 0.3) is 0 Å². The molecule has 9 nitrogen and oxygen atoms in total. The normalized spacial score (nSPS) is 12.6. The second-order valence-corrected chi connectivity index (χ2v) is 15.5. The maximum absolute atomic E-state index is 12.7. The van der Waals surface area contributed by atoms with Crippen LogP contribution in [0.1, 0.15) is 219 Å². The highest BCUT2D eigenvalue weighted by Crippen LogP contribution is 2.17. The van der Waals surface area contributed by atoms with E-state index in [0.29, 0.717) is 19.3 Å². The molecule has 0 aromatic heterocycles. The molecule has 4 N–H and O–H groups in total. The van der Waals surface area contributed by atoms with Gasteiger partial charge in [0, 0.05) is 12.8 Å². The van der Waals surface area contributed by atoms with Crippen LogP contribution >= 0.6 is 0 Å². The summed E-state index contributed by atoms with van der Waals surface area (Å²) >= 11 is 0. The summed E-state index contributed by atoms with van der Waals surface area (Å²) in [6.07, 6.45) is 45.2. The molecule has 0 rings (SSSR count). The second-order valence-electron chi connectivity index (χ2n) is 15.5. The van der Waals surface area contributed by atoms with E-state index in [4.69, 9.17) is 14.9 Å². The molecule has 0 saturated heterocycles. The standard InChI is InChI=1S/C46H84N2O7/c1-3-5-7-9-11-13-14-15-16-17-18-19-20-21-22-24-30-34-38-45(52)55-41(35-31-27-23-12-10-8-6-4-2)36-32-28-25-26-29-33-37-43(50)47-39-44(51)48-42(40-49)46(53)54/h12,23,31,35,41-42,49H,3-11,13-22,24-30,32-34,36-40H2,1-2H3,(H,47,50)(H,48,51)(H,53,54)/b23-12-,35-31-. The molecule has 320 valence electrons. The van der Waals surface area contributed by atoms with E-state index in [1.54, 1.807) is 0 Å². The number of ether oxygens (including phenoxy) is 1. The van der Waals surface area contributed by atoms with Crippen LogP contribution in [0.4, 0.5) is 0 Å². The lowest BCUT2D eigenvalue weighted by Gasteiger charge is -2.15. The van der Waals surface area contributed by atoms with Crippen LogP contribution in [-0.2, 0) is 23.9 Å². The van der Waals surface area contributed by atoms with Crippen LogP contribution in [0, 0.1) is 0 Å². The van der Waals surface area contributed by atoms with Crippen molar-refractivity contribution < 1.29 is 34.1 Å². The van der Waals surface area contributed by atoms with E-state index >= 15 is 0 Å². The lowest BCUT2D eigenvalue weighted by molar-refractivity contribution is -0.147. The molecule has 9 heteroatoms. The Morgan fingerprint density at radius 1 is 0.564 bits per heavy atom. The summed E-state index contributed by atoms with van der Waals surface area (Å²) in [7, 11) is 0. The van der Waals surface area contributed by atoms with Crippen molar-refractivity contribution in [3.8, 4) is 0 Å². The first-order valence-electron chi connectivity index (χ1n) is 22.7. The van der Waals surface area contributed by atoms with E-state index in [1.807, 2.05) is 0 Å². The molecule has 0 aromatic rings. The average molecular weight is 777 g/mol. The van der Waals surface area contributed by atoms with Crippen molar-refractivity contribution in [2.24, 2.45) is 0 Å². The molecular weight excluding hydrogens is 693 g/mol. The number of carbonyl (C=O) groups is 4. The van der Waals surface area contributed by atoms with Gasteiger partial charge in [0.05, 0.1) is 13.2 Å². The van der Waals surface area contributed by atoms with Crippen LogP contribution in [0.2, 0.25) is 0 Å². The molecule has 0 fully saturated rings. The van der Waals surface area contributed by atoms with E-state index in [1.165, 1.54) is 122 Å². The molecule has 0 bridgehead atoms. The summed E-state index contributed by atoms with van der Waals surface area (Å²) < 4.78 is 5.93. The molecule has 2 amide bonds. The van der Waals surface area contributed by atoms with E-state index in [2.05, 4.69) is 48.8 Å². The minimum Gasteiger partial charge on any atom is -0.480 e. The highest BCUT2D eigenvalue weighted by atomic mass is 16.5. The van der Waals surface area contributed by atoms with Crippen molar-refractivity contribution in [1.82, 2.24) is 10.6 Å². The molecule has 2 unspecified atom stereocenters. The van der Waals surface area contributed by atoms with E-state index in [9.17, 15) is 19.2 Å². The first-order chi connectivity index (χ1) is 26.8. The number of allylic oxidation sites excluding steroid dienone is 3. The zero-order chi connectivity index (χ0) is 40.5. The number of hydrogen-bond acceptors (Lipinski definition) is 6. The molecule has 0 saturated carbocycles. The van der Waals surface area contributed by atoms with E-state index in [-0.39, 0.29) is 24.5 Å². The van der Waals surface area contributed by atoms with Gasteiger partial charge in [-0.05, 0) is 51.0 Å². The number of carboxylic acids is 1. The Kier molecular flexibility index (Phi) is 39.0. The highest BCUT2D eigenvalue weighted by molar-refractivity contribution is 5.87. The zero-order valence-corrected chi connectivity index (χ0v) is 35.4. The number of carboxylic acid groups (broad SMARTS) is 1. The van der Waals surface area contributed by atoms with Crippen LogP contribution in [0.25, 0.3) is 0 Å². The maximum Gasteiger partial charge on any atom is 0.328 e. The Morgan fingerprint density at radius 3 is 1.55 bits per heavy atom. The molecule has 0 aliphatic rings. The molecule has 0 aliphatic carbocycles. The quantitative estimate of drug-likeness (QED) is 0.0275. The summed E-state index contributed by atoms with van der Waals surface area (Å²) in [6, 6.07) is -1.38. The maximum atomic E-state index is 12.7. The largest absolute Gasteiger partial charge is 0.480 e. The third-order valence-electron chi connectivity index (χ3n) is 10.2. The van der Waals surface area contributed by atoms with Gasteiger partial charge >= 0.3 is 11.9 Å². The minimum atomic E-state index is -1.38. The number of nitrogens with one attached hydrogen (secondary N) is 2. The van der Waals surface area contributed by atoms with Crippen LogP contribution in [0.5, 0.6) is 0 Å². The van der Waals surface area contributed by atoms with Gasteiger partial charge in [-0.1, -0.05) is 180 Å². The predicted octanol–water partition coefficient (Wildman–Crippen LogP) is 11.2. The molecule has 0 aromatic carbocycles. The molecule has 2 atom stereocenters. The second kappa shape index (κ2) is 41.0. The van der Waals surface area contributed by atoms with Crippen LogP contribution < -0.4 is 10.6 Å². The summed E-state index contributed by atoms with van der Waals surface area (Å²) in [6.45, 7) is 3.46. The van der Waals surface area contributed by atoms with Crippen LogP contribution in [0.15, 0.2) is 24.3 Å². The van der Waals surface area contributed by atoms with Crippen molar-refractivity contribution >= 4 is 23.8 Å². The number of carbonyl (C=O) groups excluding carboxylic acids is 3. The van der Waals surface area contributed by atoms with Crippen molar-refractivity contribution in [1.29, 1.82) is 0 Å². The fourth-order valence-corrected chi connectivity index (χ4v) is 6.66. The fraction of sp³-hybridized carbons (Fsp3) is 0.826. The Bertz CT molecular complexity index is 983. The molecule has 0 radical (unpaired) electrons. The third-order valence-corrected chi connectivity index (χ3v) is 10.2. The Morgan fingerprint density at radius 2 is 1.04 bits per heavy atom. The molecular formula is C46H84N2O7. The Balaban J connectivity index is 4.16. The van der Waals surface area contributed by atoms with E-state index in [0.717, 1.165) is 64.2 Å².